The molecule has 0 fully saturated rings. The topological polar surface area (TPSA) is 34.1 Å². The number of unbranched alkanes of at least 4 members (excludes halogenated alkanes) is 1. The van der Waals surface area contributed by atoms with Crippen LogP contribution in [0.4, 0.5) is 0 Å². The Balaban J connectivity index is 0. The van der Waals surface area contributed by atoms with Gasteiger partial charge in [0.1, 0.15) is 5.78 Å². The minimum Gasteiger partial charge on any atom is -0.542 e. The van der Waals surface area contributed by atoms with Gasteiger partial charge in [-0.15, -0.1) is 0 Å². The maximum absolute atomic E-state index is 10.6. The molecule has 68 valence electrons. The van der Waals surface area contributed by atoms with Crippen LogP contribution in [0.5, 0.6) is 0 Å². The zero-order valence-electron chi connectivity index (χ0n) is 6.82. The summed E-state index contributed by atoms with van der Waals surface area (Å²) in [6, 6.07) is 0. The average molecular weight is 249 g/mol. The van der Waals surface area contributed by atoms with Crippen LogP contribution in [-0.2, 0) is 32.0 Å². The normalized spacial score (nSPS) is 11.5. The maximum atomic E-state index is 10.6. The molecule has 0 aliphatic heterocycles. The number of carbonyl (C=O) groups is 1. The first-order valence-corrected chi connectivity index (χ1v) is 3.54. The van der Waals surface area contributed by atoms with E-state index in [4.69, 9.17) is 0 Å². The molecule has 3 heteroatoms. The van der Waals surface area contributed by atoms with Gasteiger partial charge in [-0.1, -0.05) is 13.3 Å². The van der Waals surface area contributed by atoms with Crippen molar-refractivity contribution >= 4 is 12.1 Å². The molecule has 0 rings (SSSR count). The van der Waals surface area contributed by atoms with Crippen LogP contribution >= 0.6 is 0 Å². The van der Waals surface area contributed by atoms with E-state index in [0.29, 0.717) is 6.42 Å². The summed E-state index contributed by atoms with van der Waals surface area (Å²) in [6.45, 7) is 3.46. The van der Waals surface area contributed by atoms with E-state index in [-0.39, 0.29) is 34.1 Å². The van der Waals surface area contributed by atoms with Crippen LogP contribution in [0.15, 0.2) is 0 Å². The molecule has 0 aromatic carbocycles. The Hall–Kier alpha value is 0.0803. The van der Waals surface area contributed by atoms with Crippen LogP contribution in [0.3, 0.4) is 0 Å². The Bertz CT molecular complexity index is 123. The number of hydrogen-bond acceptors (Lipinski definition) is 2. The predicted octanol–water partition coefficient (Wildman–Crippen LogP) is 1.49. The summed E-state index contributed by atoms with van der Waals surface area (Å²) in [4.78, 5) is 20.4. The second-order valence-corrected chi connectivity index (χ2v) is 2.55. The Morgan fingerprint density at radius 3 is 2.45 bits per heavy atom. The van der Waals surface area contributed by atoms with Gasteiger partial charge < -0.3 is 4.79 Å². The molecule has 0 N–H and O–H groups in total. The summed E-state index contributed by atoms with van der Waals surface area (Å²) < 4.78 is 0. The van der Waals surface area contributed by atoms with Crippen molar-refractivity contribution in [2.24, 2.45) is 5.92 Å². The molecular formula is C8H13AgO2. The van der Waals surface area contributed by atoms with Gasteiger partial charge in [-0.25, -0.2) is 0 Å². The summed E-state index contributed by atoms with van der Waals surface area (Å²) >= 11 is 0. The number of carbonyl (C=O) groups excluding carboxylic acids is 2. The van der Waals surface area contributed by atoms with E-state index in [9.17, 15) is 9.59 Å². The first-order valence-electron chi connectivity index (χ1n) is 3.54. The van der Waals surface area contributed by atoms with Gasteiger partial charge in [0.05, 0.1) is 0 Å². The molecule has 0 aliphatic rings. The molecule has 0 saturated heterocycles. The van der Waals surface area contributed by atoms with Gasteiger partial charge in [0.15, 0.2) is 0 Å². The van der Waals surface area contributed by atoms with Gasteiger partial charge in [-0.2, -0.15) is 6.42 Å². The molecule has 2 nitrogen and oxygen atoms in total. The summed E-state index contributed by atoms with van der Waals surface area (Å²) in [7, 11) is 0. The van der Waals surface area contributed by atoms with Crippen molar-refractivity contribution in [1.29, 1.82) is 0 Å². The number of rotatable bonds is 5. The average Bonchev–Trinajstić information content (AvgIpc) is 1.88. The maximum Gasteiger partial charge on any atom is 1.00 e. The third kappa shape index (κ3) is 7.98. The van der Waals surface area contributed by atoms with E-state index in [1.54, 1.807) is 13.2 Å². The SMILES string of the molecule is CC(=O)C(C)CCC[C-]=O.[Ag+]. The molecule has 0 heterocycles. The van der Waals surface area contributed by atoms with Crippen LogP contribution in [0.1, 0.15) is 33.1 Å². The smallest absolute Gasteiger partial charge is 0.542 e. The molecule has 1 unspecified atom stereocenters. The van der Waals surface area contributed by atoms with E-state index >= 15 is 0 Å². The largest absolute Gasteiger partial charge is 1.00 e. The monoisotopic (exact) mass is 248 g/mol. The van der Waals surface area contributed by atoms with Gasteiger partial charge >= 0.3 is 22.4 Å². The molecule has 0 aromatic heterocycles. The summed E-state index contributed by atoms with van der Waals surface area (Å²) in [6.07, 6.45) is 3.85. The van der Waals surface area contributed by atoms with Crippen LogP contribution in [0, 0.1) is 5.92 Å². The van der Waals surface area contributed by atoms with Crippen molar-refractivity contribution in [2.45, 2.75) is 33.1 Å². The third-order valence-electron chi connectivity index (χ3n) is 1.61. The fourth-order valence-corrected chi connectivity index (χ4v) is 0.684. The molecule has 0 aliphatic carbocycles. The third-order valence-corrected chi connectivity index (χ3v) is 1.61. The summed E-state index contributed by atoms with van der Waals surface area (Å²) in [5.74, 6) is 0.305. The van der Waals surface area contributed by atoms with Crippen molar-refractivity contribution in [1.82, 2.24) is 0 Å². The fraction of sp³-hybridized carbons (Fsp3) is 0.750. The first kappa shape index (κ1) is 13.7. The Kier molecular flexibility index (Phi) is 10.2. The Morgan fingerprint density at radius 1 is 1.55 bits per heavy atom. The Morgan fingerprint density at radius 2 is 2.09 bits per heavy atom. The van der Waals surface area contributed by atoms with Gasteiger partial charge in [0.25, 0.3) is 0 Å². The molecule has 0 spiro atoms. The van der Waals surface area contributed by atoms with E-state index < -0.39 is 0 Å². The Labute approximate surface area is 83.3 Å². The van der Waals surface area contributed by atoms with Crippen molar-refractivity contribution in [3.05, 3.63) is 0 Å². The zero-order chi connectivity index (χ0) is 7.98. The quantitative estimate of drug-likeness (QED) is 0.420. The van der Waals surface area contributed by atoms with Gasteiger partial charge in [-0.3, -0.25) is 11.1 Å². The van der Waals surface area contributed by atoms with Gasteiger partial charge in [-0.05, 0) is 13.3 Å². The van der Waals surface area contributed by atoms with Crippen LogP contribution in [0.25, 0.3) is 0 Å². The second kappa shape index (κ2) is 8.18. The van der Waals surface area contributed by atoms with Gasteiger partial charge in [0.2, 0.25) is 0 Å². The summed E-state index contributed by atoms with van der Waals surface area (Å²) in [5.41, 5.74) is 0. The van der Waals surface area contributed by atoms with Crippen LogP contribution < -0.4 is 0 Å². The molecule has 0 aromatic rings. The number of hydrogen-bond donors (Lipinski definition) is 0. The molecule has 0 bridgehead atoms. The van der Waals surface area contributed by atoms with Crippen molar-refractivity contribution in [3.8, 4) is 0 Å². The first-order chi connectivity index (χ1) is 4.68. The molecule has 11 heavy (non-hydrogen) atoms. The minimum absolute atomic E-state index is 0. The molecule has 0 radical (unpaired) electrons. The molecule has 0 saturated carbocycles. The van der Waals surface area contributed by atoms with Crippen molar-refractivity contribution < 1.29 is 32.0 Å². The van der Waals surface area contributed by atoms with Crippen molar-refractivity contribution in [2.75, 3.05) is 0 Å². The van der Waals surface area contributed by atoms with Crippen molar-refractivity contribution in [3.63, 3.8) is 0 Å². The zero-order valence-corrected chi connectivity index (χ0v) is 8.30. The molecule has 0 amide bonds. The molecule has 1 atom stereocenters. The molecular weight excluding hydrogens is 236 g/mol. The predicted molar refractivity (Wildman–Crippen MR) is 39.4 cm³/mol. The van der Waals surface area contributed by atoms with E-state index in [1.165, 1.54) is 0 Å². The standard InChI is InChI=1S/C8H13O2.Ag/c1-7(8(2)10)5-3-4-6-9;/h7H,3-5H2,1-2H3;/q-1;+1. The van der Waals surface area contributed by atoms with E-state index in [2.05, 4.69) is 0 Å². The fourth-order valence-electron chi connectivity index (χ4n) is 0.684. The summed E-state index contributed by atoms with van der Waals surface area (Å²) in [5, 5.41) is 0. The van der Waals surface area contributed by atoms with E-state index in [1.807, 2.05) is 6.92 Å². The second-order valence-electron chi connectivity index (χ2n) is 2.55. The van der Waals surface area contributed by atoms with Crippen LogP contribution in [-0.4, -0.2) is 12.1 Å². The van der Waals surface area contributed by atoms with E-state index in [0.717, 1.165) is 12.8 Å². The van der Waals surface area contributed by atoms with Crippen LogP contribution in [0.2, 0.25) is 0 Å². The minimum atomic E-state index is 0. The number of ketones is 1. The number of Topliss-reactive ketones (excluding diaryl/α,β-unsaturated/α-hetero) is 1. The van der Waals surface area contributed by atoms with Gasteiger partial charge in [0, 0.05) is 5.92 Å².